The first-order chi connectivity index (χ1) is 16.1. The van der Waals surface area contributed by atoms with Crippen molar-refractivity contribution in [3.63, 3.8) is 0 Å². The number of halogens is 1. The van der Waals surface area contributed by atoms with Crippen molar-refractivity contribution in [2.45, 2.75) is 38.1 Å². The Hall–Kier alpha value is -2.65. The van der Waals surface area contributed by atoms with Crippen LogP contribution in [-0.4, -0.2) is 73.2 Å². The second-order valence-corrected chi connectivity index (χ2v) is 9.20. The number of hydrogen-bond donors (Lipinski definition) is 1. The first-order valence-corrected chi connectivity index (χ1v) is 12.0. The van der Waals surface area contributed by atoms with E-state index in [1.807, 2.05) is 41.3 Å². The summed E-state index contributed by atoms with van der Waals surface area (Å²) in [6.07, 6.45) is 4.23. The van der Waals surface area contributed by atoms with E-state index in [0.29, 0.717) is 18.2 Å². The molecule has 2 fully saturated rings. The minimum Gasteiger partial charge on any atom is -0.453 e. The number of para-hydroxylation sites is 1. The Kier molecular flexibility index (Phi) is 9.13. The maximum atomic E-state index is 13.7. The van der Waals surface area contributed by atoms with Crippen molar-refractivity contribution >= 4 is 41.5 Å². The third-order valence-corrected chi connectivity index (χ3v) is 7.22. The fourth-order valence-corrected chi connectivity index (χ4v) is 5.46. The molecular formula is C26H35ClN4O4. The zero-order valence-corrected chi connectivity index (χ0v) is 21.0. The predicted molar refractivity (Wildman–Crippen MR) is 140 cm³/mol. The number of rotatable bonds is 4. The third-order valence-electron chi connectivity index (χ3n) is 7.22. The second-order valence-electron chi connectivity index (χ2n) is 9.20. The van der Waals surface area contributed by atoms with E-state index in [9.17, 15) is 9.59 Å². The molecule has 0 saturated carbocycles. The summed E-state index contributed by atoms with van der Waals surface area (Å²) in [5.41, 5.74) is 4.69. The van der Waals surface area contributed by atoms with Crippen LogP contribution in [0, 0.1) is 0 Å². The molecule has 0 aromatic heterocycles. The van der Waals surface area contributed by atoms with Gasteiger partial charge in [-0.05, 0) is 61.6 Å². The van der Waals surface area contributed by atoms with Crippen LogP contribution in [0.5, 0.6) is 0 Å². The van der Waals surface area contributed by atoms with Crippen molar-refractivity contribution in [2.75, 3.05) is 50.1 Å². The van der Waals surface area contributed by atoms with Crippen LogP contribution < -0.4 is 10.2 Å². The molecule has 2 saturated heterocycles. The Bertz CT molecular complexity index is 1050. The Morgan fingerprint density at radius 3 is 2.60 bits per heavy atom. The smallest absolute Gasteiger partial charge is 0.411 e. The van der Waals surface area contributed by atoms with Crippen molar-refractivity contribution in [3.05, 3.63) is 53.6 Å². The van der Waals surface area contributed by atoms with Gasteiger partial charge in [-0.25, -0.2) is 4.79 Å². The summed E-state index contributed by atoms with van der Waals surface area (Å²) in [7, 11) is 1.34. The highest BCUT2D eigenvalue weighted by molar-refractivity contribution is 6.03. The average Bonchev–Trinajstić information content (AvgIpc) is 3.24. The molecule has 5 rings (SSSR count). The molecule has 3 aliphatic rings. The molecule has 9 heteroatoms. The van der Waals surface area contributed by atoms with E-state index in [1.54, 1.807) is 0 Å². The zero-order chi connectivity index (χ0) is 22.8. The lowest BCUT2D eigenvalue weighted by Crippen LogP contribution is -2.50. The van der Waals surface area contributed by atoms with Crippen LogP contribution in [0.1, 0.15) is 30.4 Å². The summed E-state index contributed by atoms with van der Waals surface area (Å²) in [6, 6.07) is 14.6. The highest BCUT2D eigenvalue weighted by Gasteiger charge is 2.31. The number of hydrogen-bond acceptors (Lipinski definition) is 5. The molecular weight excluding hydrogens is 468 g/mol. The molecule has 3 heterocycles. The Balaban J connectivity index is 0.00000171. The maximum Gasteiger partial charge on any atom is 0.411 e. The van der Waals surface area contributed by atoms with E-state index < -0.39 is 6.09 Å². The quantitative estimate of drug-likeness (QED) is 0.691. The lowest BCUT2D eigenvalue weighted by molar-refractivity contribution is -0.118. The number of carbonyl (C=O) groups excluding carboxylic acids is 2. The van der Waals surface area contributed by atoms with Crippen LogP contribution in [0.15, 0.2) is 42.5 Å². The van der Waals surface area contributed by atoms with Gasteiger partial charge in [0, 0.05) is 44.3 Å². The van der Waals surface area contributed by atoms with Crippen LogP contribution >= 0.6 is 12.4 Å². The van der Waals surface area contributed by atoms with E-state index in [4.69, 9.17) is 4.74 Å². The first-order valence-electron chi connectivity index (χ1n) is 12.0. The van der Waals surface area contributed by atoms with Gasteiger partial charge in [-0.1, -0.05) is 24.3 Å². The van der Waals surface area contributed by atoms with Crippen molar-refractivity contribution in [1.29, 1.82) is 0 Å². The Morgan fingerprint density at radius 1 is 1.03 bits per heavy atom. The number of methoxy groups -OCH3 is 1. The molecule has 2 amide bonds. The Labute approximate surface area is 212 Å². The molecule has 0 radical (unpaired) electrons. The molecule has 3 aliphatic heterocycles. The number of benzene rings is 2. The van der Waals surface area contributed by atoms with Crippen molar-refractivity contribution in [2.24, 2.45) is 0 Å². The molecule has 190 valence electrons. The number of nitrogens with zero attached hydrogens (tertiary/aromatic N) is 3. The summed E-state index contributed by atoms with van der Waals surface area (Å²) in [5, 5.41) is 2.74. The van der Waals surface area contributed by atoms with Gasteiger partial charge in [-0.3, -0.25) is 24.8 Å². The SMILES string of the molecule is COC(=O)Nc1ccc2c(c1)N(C(=O)CCN1CCN3CCCC3C1)c1ccccc1CC2.Cl.O. The molecule has 2 aromatic rings. The Morgan fingerprint density at radius 2 is 1.80 bits per heavy atom. The van der Waals surface area contributed by atoms with Crippen molar-refractivity contribution in [1.82, 2.24) is 9.80 Å². The summed E-state index contributed by atoms with van der Waals surface area (Å²) in [5.74, 6) is 0.0923. The van der Waals surface area contributed by atoms with Gasteiger partial charge in [0.25, 0.3) is 0 Å². The van der Waals surface area contributed by atoms with E-state index in [0.717, 1.165) is 56.0 Å². The van der Waals surface area contributed by atoms with E-state index in [2.05, 4.69) is 21.2 Å². The number of carbonyl (C=O) groups is 2. The standard InChI is InChI=1S/C26H32N4O3.ClH.H2O/c1-33-26(32)27-21-11-10-20-9-8-19-5-2-3-7-23(19)30(24(20)17-21)25(31)12-14-28-15-16-29-13-4-6-22(29)18-28;;/h2-3,5,7,10-11,17,22H,4,6,8-9,12-16,18H2,1H3,(H,27,32);1H;1H2. The average molecular weight is 503 g/mol. The zero-order valence-electron chi connectivity index (χ0n) is 20.2. The molecule has 8 nitrogen and oxygen atoms in total. The lowest BCUT2D eigenvalue weighted by atomic mass is 10.0. The lowest BCUT2D eigenvalue weighted by Gasteiger charge is -2.37. The van der Waals surface area contributed by atoms with Crippen LogP contribution in [0.25, 0.3) is 0 Å². The number of fused-ring (bicyclic) bond motifs is 3. The van der Waals surface area contributed by atoms with Gasteiger partial charge in [0.2, 0.25) is 5.91 Å². The summed E-state index contributed by atoms with van der Waals surface area (Å²) >= 11 is 0. The molecule has 3 N–H and O–H groups in total. The van der Waals surface area contributed by atoms with Gasteiger partial charge < -0.3 is 10.2 Å². The largest absolute Gasteiger partial charge is 0.453 e. The van der Waals surface area contributed by atoms with E-state index in [-0.39, 0.29) is 23.8 Å². The van der Waals surface area contributed by atoms with Gasteiger partial charge in [0.15, 0.2) is 0 Å². The monoisotopic (exact) mass is 502 g/mol. The molecule has 1 unspecified atom stereocenters. The highest BCUT2D eigenvalue weighted by atomic mass is 35.5. The van der Waals surface area contributed by atoms with Gasteiger partial charge in [0.1, 0.15) is 0 Å². The van der Waals surface area contributed by atoms with Gasteiger partial charge in [-0.15, -0.1) is 12.4 Å². The minimum atomic E-state index is -0.520. The summed E-state index contributed by atoms with van der Waals surface area (Å²) in [4.78, 5) is 32.4. The van der Waals surface area contributed by atoms with Crippen LogP contribution in [0.2, 0.25) is 0 Å². The third kappa shape index (κ3) is 5.78. The van der Waals surface area contributed by atoms with E-state index in [1.165, 1.54) is 32.1 Å². The van der Waals surface area contributed by atoms with Gasteiger partial charge in [0.05, 0.1) is 18.5 Å². The van der Waals surface area contributed by atoms with Crippen LogP contribution in [-0.2, 0) is 22.4 Å². The van der Waals surface area contributed by atoms with E-state index >= 15 is 0 Å². The predicted octanol–water partition coefficient (Wildman–Crippen LogP) is 3.40. The number of aryl methyl sites for hydroxylation is 2. The second kappa shape index (κ2) is 11.9. The number of nitrogens with one attached hydrogen (secondary N) is 1. The molecule has 2 aromatic carbocycles. The normalized spacial score (nSPS) is 19.2. The topological polar surface area (TPSA) is 96.6 Å². The molecule has 35 heavy (non-hydrogen) atoms. The number of amides is 2. The number of anilines is 3. The number of ether oxygens (including phenoxy) is 1. The number of piperazine rings is 1. The van der Waals surface area contributed by atoms with Crippen molar-refractivity contribution < 1.29 is 19.8 Å². The summed E-state index contributed by atoms with van der Waals surface area (Å²) < 4.78 is 4.75. The fraction of sp³-hybridized carbons (Fsp3) is 0.462. The van der Waals surface area contributed by atoms with Crippen molar-refractivity contribution in [3.8, 4) is 0 Å². The highest BCUT2D eigenvalue weighted by Crippen LogP contribution is 2.38. The fourth-order valence-electron chi connectivity index (χ4n) is 5.46. The van der Waals surface area contributed by atoms with Crippen LogP contribution in [0.4, 0.5) is 21.9 Å². The molecule has 0 bridgehead atoms. The maximum absolute atomic E-state index is 13.7. The van der Waals surface area contributed by atoms with Crippen LogP contribution in [0.3, 0.4) is 0 Å². The first kappa shape index (κ1) is 26.9. The minimum absolute atomic E-state index is 0. The summed E-state index contributed by atoms with van der Waals surface area (Å²) in [6.45, 7) is 5.20. The van der Waals surface area contributed by atoms with Gasteiger partial charge >= 0.3 is 6.09 Å². The molecule has 0 spiro atoms. The molecule has 0 aliphatic carbocycles. The van der Waals surface area contributed by atoms with Gasteiger partial charge in [-0.2, -0.15) is 0 Å². The molecule has 1 atom stereocenters.